The van der Waals surface area contributed by atoms with Gasteiger partial charge in [-0.05, 0) is 37.5 Å². The van der Waals surface area contributed by atoms with E-state index in [4.69, 9.17) is 12.2 Å². The third-order valence-electron chi connectivity index (χ3n) is 2.96. The van der Waals surface area contributed by atoms with Crippen LogP contribution in [0.25, 0.3) is 11.0 Å². The van der Waals surface area contributed by atoms with Gasteiger partial charge in [-0.3, -0.25) is 0 Å². The van der Waals surface area contributed by atoms with E-state index in [1.54, 1.807) is 23.9 Å². The average Bonchev–Trinajstić information content (AvgIpc) is 2.63. The van der Waals surface area contributed by atoms with Crippen LogP contribution in [-0.4, -0.2) is 36.2 Å². The molecule has 1 unspecified atom stereocenters. The molecule has 1 atom stereocenters. The lowest BCUT2D eigenvalue weighted by Gasteiger charge is -2.13. The quantitative estimate of drug-likeness (QED) is 0.881. The van der Waals surface area contributed by atoms with Gasteiger partial charge in [0.1, 0.15) is 0 Å². The monoisotopic (exact) mass is 316 g/mol. The topological polar surface area (TPSA) is 54.9 Å². The summed E-state index contributed by atoms with van der Waals surface area (Å²) < 4.78 is 26.1. The molecule has 0 saturated heterocycles. The normalized spacial score (nSPS) is 13.8. The number of hydrogen-bond donors (Lipinski definition) is 1. The molecule has 0 spiro atoms. The highest BCUT2D eigenvalue weighted by atomic mass is 32.2. The number of rotatable bonds is 4. The summed E-state index contributed by atoms with van der Waals surface area (Å²) in [6.45, 7) is 2.08. The molecular weight excluding hydrogens is 300 g/mol. The number of imidazole rings is 1. The minimum Gasteiger partial charge on any atom is -0.329 e. The van der Waals surface area contributed by atoms with Crippen LogP contribution in [0.5, 0.6) is 0 Å². The Labute approximate surface area is 122 Å². The van der Waals surface area contributed by atoms with Crippen LogP contribution in [0.3, 0.4) is 0 Å². The molecule has 0 saturated carbocycles. The van der Waals surface area contributed by atoms with Crippen molar-refractivity contribution in [1.82, 2.24) is 9.55 Å². The zero-order valence-corrected chi connectivity index (χ0v) is 13.5. The highest BCUT2D eigenvalue weighted by Gasteiger charge is 2.17. The number of aromatic amines is 1. The van der Waals surface area contributed by atoms with E-state index < -0.39 is 9.84 Å². The predicted molar refractivity (Wildman–Crippen MR) is 83.3 cm³/mol. The van der Waals surface area contributed by atoms with Crippen LogP contribution in [0, 0.1) is 4.77 Å². The average molecular weight is 316 g/mol. The molecule has 0 bridgehead atoms. The molecule has 0 aliphatic rings. The van der Waals surface area contributed by atoms with E-state index in [0.717, 1.165) is 11.3 Å². The van der Waals surface area contributed by atoms with Crippen molar-refractivity contribution < 1.29 is 8.42 Å². The van der Waals surface area contributed by atoms with Crippen LogP contribution in [0.4, 0.5) is 0 Å². The molecule has 4 nitrogen and oxygen atoms in total. The fourth-order valence-electron chi connectivity index (χ4n) is 2.18. The maximum Gasteiger partial charge on any atom is 0.178 e. The van der Waals surface area contributed by atoms with Gasteiger partial charge >= 0.3 is 0 Å². The number of fused-ring (bicyclic) bond motifs is 1. The Morgan fingerprint density at radius 2 is 2.16 bits per heavy atom. The Morgan fingerprint density at radius 1 is 1.47 bits per heavy atom. The lowest BCUT2D eigenvalue weighted by molar-refractivity contribution is 0.602. The second kappa shape index (κ2) is 5.30. The maximum absolute atomic E-state index is 11.8. The second-order valence-corrected chi connectivity index (χ2v) is 7.81. The number of nitrogens with zero attached hydrogens (tertiary/aromatic N) is 1. The van der Waals surface area contributed by atoms with E-state index in [9.17, 15) is 8.42 Å². The fraction of sp³-hybridized carbons (Fsp3) is 0.417. The van der Waals surface area contributed by atoms with Crippen molar-refractivity contribution in [2.45, 2.75) is 17.9 Å². The van der Waals surface area contributed by atoms with Gasteiger partial charge < -0.3 is 9.55 Å². The number of thioether (sulfide) groups is 1. The molecule has 2 rings (SSSR count). The molecule has 0 aliphatic heterocycles. The van der Waals surface area contributed by atoms with E-state index >= 15 is 0 Å². The fourth-order valence-corrected chi connectivity index (χ4v) is 4.05. The van der Waals surface area contributed by atoms with E-state index in [-0.39, 0.29) is 6.04 Å². The summed E-state index contributed by atoms with van der Waals surface area (Å²) in [6.07, 6.45) is 3.25. The molecular formula is C12H16N2O2S3. The van der Waals surface area contributed by atoms with E-state index in [0.29, 0.717) is 15.2 Å². The SMILES string of the molecule is CSCC(C)n1c(=S)[nH]c2c(S(C)(=O)=O)cccc21. The van der Waals surface area contributed by atoms with Gasteiger partial charge in [0.25, 0.3) is 0 Å². The van der Waals surface area contributed by atoms with Gasteiger partial charge in [-0.1, -0.05) is 6.07 Å². The summed E-state index contributed by atoms with van der Waals surface area (Å²) in [4.78, 5) is 3.33. The molecule has 1 aromatic heterocycles. The summed E-state index contributed by atoms with van der Waals surface area (Å²) >= 11 is 7.06. The van der Waals surface area contributed by atoms with Crippen LogP contribution in [0.2, 0.25) is 0 Å². The van der Waals surface area contributed by atoms with Crippen molar-refractivity contribution in [2.24, 2.45) is 0 Å². The summed E-state index contributed by atoms with van der Waals surface area (Å²) in [5, 5.41) is 0. The van der Waals surface area contributed by atoms with Gasteiger partial charge in [0.2, 0.25) is 0 Å². The van der Waals surface area contributed by atoms with Crippen LogP contribution in [-0.2, 0) is 9.84 Å². The minimum absolute atomic E-state index is 0.214. The van der Waals surface area contributed by atoms with E-state index in [1.807, 2.05) is 16.9 Å². The summed E-state index contributed by atoms with van der Waals surface area (Å²) in [5.41, 5.74) is 1.44. The highest BCUT2D eigenvalue weighted by Crippen LogP contribution is 2.26. The summed E-state index contributed by atoms with van der Waals surface area (Å²) in [6, 6.07) is 5.47. The zero-order valence-electron chi connectivity index (χ0n) is 11.0. The van der Waals surface area contributed by atoms with E-state index in [2.05, 4.69) is 11.9 Å². The summed E-state index contributed by atoms with van der Waals surface area (Å²) in [5.74, 6) is 0.921. The van der Waals surface area contributed by atoms with Gasteiger partial charge in [0.15, 0.2) is 14.6 Å². The predicted octanol–water partition coefficient (Wildman–Crippen LogP) is 3.03. The van der Waals surface area contributed by atoms with Gasteiger partial charge in [-0.15, -0.1) is 0 Å². The largest absolute Gasteiger partial charge is 0.329 e. The summed E-state index contributed by atoms with van der Waals surface area (Å²) in [7, 11) is -3.27. The number of sulfone groups is 1. The molecule has 0 radical (unpaired) electrons. The number of hydrogen-bond acceptors (Lipinski definition) is 4. The first-order valence-electron chi connectivity index (χ1n) is 5.78. The van der Waals surface area contributed by atoms with Gasteiger partial charge in [-0.25, -0.2) is 8.42 Å². The Hall–Kier alpha value is -0.790. The van der Waals surface area contributed by atoms with Crippen LogP contribution >= 0.6 is 24.0 Å². The molecule has 1 heterocycles. The third-order valence-corrected chi connectivity index (χ3v) is 5.22. The molecule has 2 aromatic rings. The van der Waals surface area contributed by atoms with E-state index in [1.165, 1.54) is 6.26 Å². The Kier molecular flexibility index (Phi) is 4.08. The number of H-pyrrole nitrogens is 1. The van der Waals surface area contributed by atoms with Crippen LogP contribution in [0.1, 0.15) is 13.0 Å². The van der Waals surface area contributed by atoms with Crippen molar-refractivity contribution in [2.75, 3.05) is 18.3 Å². The molecule has 0 aliphatic carbocycles. The Bertz CT molecular complexity index is 759. The number of para-hydroxylation sites is 1. The molecule has 1 aromatic carbocycles. The molecule has 104 valence electrons. The minimum atomic E-state index is -3.27. The van der Waals surface area contributed by atoms with Crippen molar-refractivity contribution in [3.63, 3.8) is 0 Å². The van der Waals surface area contributed by atoms with Gasteiger partial charge in [0, 0.05) is 18.1 Å². The Balaban J connectivity index is 2.77. The first-order valence-corrected chi connectivity index (χ1v) is 9.48. The van der Waals surface area contributed by atoms with Crippen molar-refractivity contribution in [3.8, 4) is 0 Å². The molecule has 7 heteroatoms. The number of nitrogens with one attached hydrogen (secondary N) is 1. The van der Waals surface area contributed by atoms with Crippen molar-refractivity contribution in [1.29, 1.82) is 0 Å². The number of benzene rings is 1. The van der Waals surface area contributed by atoms with Gasteiger partial charge in [-0.2, -0.15) is 11.8 Å². The first kappa shape index (κ1) is 14.6. The van der Waals surface area contributed by atoms with Crippen molar-refractivity contribution >= 4 is 44.9 Å². The zero-order chi connectivity index (χ0) is 14.2. The van der Waals surface area contributed by atoms with Crippen LogP contribution < -0.4 is 0 Å². The molecule has 0 fully saturated rings. The Morgan fingerprint density at radius 3 is 2.74 bits per heavy atom. The third kappa shape index (κ3) is 2.73. The molecule has 1 N–H and O–H groups in total. The highest BCUT2D eigenvalue weighted by molar-refractivity contribution is 7.98. The lowest BCUT2D eigenvalue weighted by atomic mass is 10.3. The smallest absolute Gasteiger partial charge is 0.178 e. The first-order chi connectivity index (χ1) is 8.86. The molecule has 19 heavy (non-hydrogen) atoms. The van der Waals surface area contributed by atoms with Crippen molar-refractivity contribution in [3.05, 3.63) is 23.0 Å². The number of aromatic nitrogens is 2. The van der Waals surface area contributed by atoms with Crippen LogP contribution in [0.15, 0.2) is 23.1 Å². The molecule has 0 amide bonds. The second-order valence-electron chi connectivity index (χ2n) is 4.53. The standard InChI is InChI=1S/C12H16N2O2S3/c1-8(7-18-2)14-9-5-4-6-10(19(3,15)16)11(9)13-12(14)17/h4-6,8H,7H2,1-3H3,(H,13,17). The van der Waals surface area contributed by atoms with Gasteiger partial charge in [0.05, 0.1) is 15.9 Å². The maximum atomic E-state index is 11.8. The lowest BCUT2D eigenvalue weighted by Crippen LogP contribution is -2.07.